The molecule has 0 spiro atoms. The van der Waals surface area contributed by atoms with E-state index < -0.39 is 0 Å². The Morgan fingerprint density at radius 2 is 2.24 bits per heavy atom. The summed E-state index contributed by atoms with van der Waals surface area (Å²) in [7, 11) is 1.60. The summed E-state index contributed by atoms with van der Waals surface area (Å²) in [6.45, 7) is 2.83. The van der Waals surface area contributed by atoms with Gasteiger partial charge in [-0.05, 0) is 30.2 Å². The van der Waals surface area contributed by atoms with Crippen LogP contribution in [-0.2, 0) is 9.59 Å². The number of amides is 2. The number of rotatable bonds is 8. The molecule has 2 amide bonds. The summed E-state index contributed by atoms with van der Waals surface area (Å²) in [5.74, 6) is 0.624. The number of thiocarbonyl (C=S) groups is 1. The van der Waals surface area contributed by atoms with Gasteiger partial charge in [-0.25, -0.2) is 0 Å². The number of methoxy groups -OCH3 is 1. The van der Waals surface area contributed by atoms with Crippen LogP contribution in [0.4, 0.5) is 0 Å². The zero-order valence-electron chi connectivity index (χ0n) is 14.4. The summed E-state index contributed by atoms with van der Waals surface area (Å²) in [6, 6.07) is 7.49. The molecule has 1 aliphatic heterocycles. The number of carbonyl (C=O) groups is 2. The molecule has 2 rings (SSSR count). The predicted octanol–water partition coefficient (Wildman–Crippen LogP) is 3.20. The van der Waals surface area contributed by atoms with Gasteiger partial charge in [-0.1, -0.05) is 49.5 Å². The SMILES string of the molecule is CCCCC(=O)NCCN1C(=O)/C(=C\c2cccc(OC)c2)SC1=S. The smallest absolute Gasteiger partial charge is 0.266 e. The van der Waals surface area contributed by atoms with Gasteiger partial charge in [0, 0.05) is 19.5 Å². The van der Waals surface area contributed by atoms with Crippen LogP contribution in [0.2, 0.25) is 0 Å². The number of hydrogen-bond acceptors (Lipinski definition) is 5. The van der Waals surface area contributed by atoms with Crippen LogP contribution >= 0.6 is 24.0 Å². The molecule has 0 saturated carbocycles. The van der Waals surface area contributed by atoms with E-state index in [1.807, 2.05) is 37.3 Å². The molecule has 1 fully saturated rings. The first kappa shape index (κ1) is 19.5. The van der Waals surface area contributed by atoms with E-state index in [2.05, 4.69) is 5.32 Å². The topological polar surface area (TPSA) is 58.6 Å². The zero-order valence-corrected chi connectivity index (χ0v) is 16.0. The van der Waals surface area contributed by atoms with Gasteiger partial charge in [-0.15, -0.1) is 0 Å². The Balaban J connectivity index is 1.95. The summed E-state index contributed by atoms with van der Waals surface area (Å²) in [5, 5.41) is 2.83. The van der Waals surface area contributed by atoms with Gasteiger partial charge in [-0.2, -0.15) is 0 Å². The number of nitrogens with one attached hydrogen (secondary N) is 1. The van der Waals surface area contributed by atoms with Gasteiger partial charge in [-0.3, -0.25) is 14.5 Å². The molecule has 1 N–H and O–H groups in total. The van der Waals surface area contributed by atoms with Gasteiger partial charge in [0.25, 0.3) is 5.91 Å². The van der Waals surface area contributed by atoms with Crippen molar-refractivity contribution in [2.75, 3.05) is 20.2 Å². The van der Waals surface area contributed by atoms with Crippen LogP contribution in [0, 0.1) is 0 Å². The van der Waals surface area contributed by atoms with E-state index in [-0.39, 0.29) is 11.8 Å². The molecule has 0 aliphatic carbocycles. The number of ether oxygens (including phenoxy) is 1. The molecule has 1 aromatic carbocycles. The third-order valence-corrected chi connectivity index (χ3v) is 5.06. The fourth-order valence-corrected chi connectivity index (χ4v) is 3.62. The Bertz CT molecular complexity index is 689. The Kier molecular flexibility index (Phi) is 7.46. The Hall–Kier alpha value is -1.86. The first-order valence-corrected chi connectivity index (χ1v) is 9.43. The zero-order chi connectivity index (χ0) is 18.2. The summed E-state index contributed by atoms with van der Waals surface area (Å²) < 4.78 is 5.71. The maximum Gasteiger partial charge on any atom is 0.266 e. The lowest BCUT2D eigenvalue weighted by Gasteiger charge is -2.14. The third-order valence-electron chi connectivity index (χ3n) is 3.68. The van der Waals surface area contributed by atoms with Gasteiger partial charge < -0.3 is 10.1 Å². The van der Waals surface area contributed by atoms with Crippen molar-refractivity contribution in [3.05, 3.63) is 34.7 Å². The first-order valence-electron chi connectivity index (χ1n) is 8.21. The summed E-state index contributed by atoms with van der Waals surface area (Å²) in [6.07, 6.45) is 4.18. The molecule has 5 nitrogen and oxygen atoms in total. The highest BCUT2D eigenvalue weighted by Crippen LogP contribution is 2.32. The lowest BCUT2D eigenvalue weighted by atomic mass is 10.2. The molecule has 25 heavy (non-hydrogen) atoms. The molecule has 0 bridgehead atoms. The largest absolute Gasteiger partial charge is 0.497 e. The van der Waals surface area contributed by atoms with Crippen molar-refractivity contribution in [1.82, 2.24) is 10.2 Å². The van der Waals surface area contributed by atoms with Crippen LogP contribution in [0.1, 0.15) is 31.7 Å². The van der Waals surface area contributed by atoms with E-state index in [0.717, 1.165) is 24.2 Å². The van der Waals surface area contributed by atoms with Crippen LogP contribution in [-0.4, -0.2) is 41.2 Å². The Morgan fingerprint density at radius 3 is 2.96 bits per heavy atom. The number of carbonyl (C=O) groups excluding carboxylic acids is 2. The van der Waals surface area contributed by atoms with E-state index >= 15 is 0 Å². The Morgan fingerprint density at radius 1 is 1.44 bits per heavy atom. The van der Waals surface area contributed by atoms with Crippen molar-refractivity contribution in [3.63, 3.8) is 0 Å². The number of thioether (sulfide) groups is 1. The van der Waals surface area contributed by atoms with Gasteiger partial charge in [0.2, 0.25) is 5.91 Å². The average Bonchev–Trinajstić information content (AvgIpc) is 2.87. The van der Waals surface area contributed by atoms with Crippen molar-refractivity contribution < 1.29 is 14.3 Å². The molecule has 0 unspecified atom stereocenters. The second-order valence-corrected chi connectivity index (χ2v) is 7.24. The van der Waals surface area contributed by atoms with Crippen molar-refractivity contribution in [3.8, 4) is 5.75 Å². The van der Waals surface area contributed by atoms with E-state index in [9.17, 15) is 9.59 Å². The van der Waals surface area contributed by atoms with Crippen molar-refractivity contribution in [1.29, 1.82) is 0 Å². The van der Waals surface area contributed by atoms with E-state index in [0.29, 0.717) is 28.7 Å². The number of benzene rings is 1. The second kappa shape index (κ2) is 9.58. The monoisotopic (exact) mass is 378 g/mol. The quantitative estimate of drug-likeness (QED) is 0.556. The Labute approximate surface area is 157 Å². The third kappa shape index (κ3) is 5.57. The average molecular weight is 379 g/mol. The lowest BCUT2D eigenvalue weighted by Crippen LogP contribution is -2.37. The fraction of sp³-hybridized carbons (Fsp3) is 0.389. The minimum absolute atomic E-state index is 0.0132. The highest BCUT2D eigenvalue weighted by atomic mass is 32.2. The van der Waals surface area contributed by atoms with Crippen LogP contribution < -0.4 is 10.1 Å². The highest BCUT2D eigenvalue weighted by molar-refractivity contribution is 8.26. The van der Waals surface area contributed by atoms with Crippen LogP contribution in [0.15, 0.2) is 29.2 Å². The minimum atomic E-state index is -0.124. The van der Waals surface area contributed by atoms with Crippen molar-refractivity contribution >= 4 is 46.2 Å². The molecular formula is C18H22N2O3S2. The summed E-state index contributed by atoms with van der Waals surface area (Å²) in [5.41, 5.74) is 0.882. The van der Waals surface area contributed by atoms with Crippen LogP contribution in [0.5, 0.6) is 5.75 Å². The highest BCUT2D eigenvalue weighted by Gasteiger charge is 2.31. The molecular weight excluding hydrogens is 356 g/mol. The van der Waals surface area contributed by atoms with Gasteiger partial charge >= 0.3 is 0 Å². The molecule has 1 aliphatic rings. The fourth-order valence-electron chi connectivity index (χ4n) is 2.31. The lowest BCUT2D eigenvalue weighted by molar-refractivity contribution is -0.123. The van der Waals surface area contributed by atoms with Crippen molar-refractivity contribution in [2.24, 2.45) is 0 Å². The molecule has 0 atom stereocenters. The summed E-state index contributed by atoms with van der Waals surface area (Å²) in [4.78, 5) is 26.3. The van der Waals surface area contributed by atoms with Gasteiger partial charge in [0.05, 0.1) is 12.0 Å². The summed E-state index contributed by atoms with van der Waals surface area (Å²) >= 11 is 6.58. The second-order valence-electron chi connectivity index (χ2n) is 5.56. The van der Waals surface area contributed by atoms with Crippen LogP contribution in [0.25, 0.3) is 6.08 Å². The van der Waals surface area contributed by atoms with Gasteiger partial charge in [0.1, 0.15) is 10.1 Å². The molecule has 1 heterocycles. The number of nitrogens with zero attached hydrogens (tertiary/aromatic N) is 1. The molecule has 0 aromatic heterocycles. The number of hydrogen-bond donors (Lipinski definition) is 1. The maximum atomic E-state index is 12.5. The van der Waals surface area contributed by atoms with Gasteiger partial charge in [0.15, 0.2) is 0 Å². The van der Waals surface area contributed by atoms with E-state index in [1.54, 1.807) is 7.11 Å². The molecule has 7 heteroatoms. The first-order chi connectivity index (χ1) is 12.0. The van der Waals surface area contributed by atoms with E-state index in [1.165, 1.54) is 16.7 Å². The molecule has 1 saturated heterocycles. The molecule has 0 radical (unpaired) electrons. The molecule has 1 aromatic rings. The van der Waals surface area contributed by atoms with Crippen molar-refractivity contribution in [2.45, 2.75) is 26.2 Å². The number of unbranched alkanes of at least 4 members (excludes halogenated alkanes) is 1. The predicted molar refractivity (Wildman–Crippen MR) is 105 cm³/mol. The van der Waals surface area contributed by atoms with Crippen LogP contribution in [0.3, 0.4) is 0 Å². The minimum Gasteiger partial charge on any atom is -0.497 e. The standard InChI is InChI=1S/C18H22N2O3S2/c1-3-4-8-16(21)19-9-10-20-17(22)15(25-18(20)24)12-13-6-5-7-14(11-13)23-2/h5-7,11-12H,3-4,8-10H2,1-2H3,(H,19,21)/b15-12+. The maximum absolute atomic E-state index is 12.5. The normalized spacial score (nSPS) is 15.8. The van der Waals surface area contributed by atoms with E-state index in [4.69, 9.17) is 17.0 Å². The molecule has 134 valence electrons.